The van der Waals surface area contributed by atoms with Crippen LogP contribution in [0.3, 0.4) is 0 Å². The van der Waals surface area contributed by atoms with E-state index in [2.05, 4.69) is 31.7 Å². The monoisotopic (exact) mass is 576 g/mol. The van der Waals surface area contributed by atoms with Gasteiger partial charge >= 0.3 is 0 Å². The lowest BCUT2D eigenvalue weighted by molar-refractivity contribution is 0.0983. The van der Waals surface area contributed by atoms with Gasteiger partial charge in [0.25, 0.3) is 15.9 Å². The number of fused-ring (bicyclic) bond motifs is 2. The molecule has 0 saturated carbocycles. The van der Waals surface area contributed by atoms with Crippen molar-refractivity contribution in [3.63, 3.8) is 0 Å². The lowest BCUT2D eigenvalue weighted by Crippen LogP contribution is -2.39. The summed E-state index contributed by atoms with van der Waals surface area (Å²) < 4.78 is 29.8. The molecule has 3 aromatic carbocycles. The van der Waals surface area contributed by atoms with E-state index in [-0.39, 0.29) is 10.8 Å². The minimum absolute atomic E-state index is 0.182. The van der Waals surface area contributed by atoms with Crippen LogP contribution in [0, 0.1) is 13.8 Å². The lowest BCUT2D eigenvalue weighted by Gasteiger charge is -2.30. The number of hydrogen-bond acceptors (Lipinski definition) is 6. The Balaban J connectivity index is 1.45. The normalized spacial score (nSPS) is 13.6. The molecule has 5 rings (SSSR count). The summed E-state index contributed by atoms with van der Waals surface area (Å²) in [6, 6.07) is 18.2. The molecule has 0 aliphatic carbocycles. The van der Waals surface area contributed by atoms with Crippen molar-refractivity contribution in [1.29, 1.82) is 0 Å². The smallest absolute Gasteiger partial charge is 0.264 e. The van der Waals surface area contributed by atoms with E-state index in [9.17, 15) is 13.2 Å². The van der Waals surface area contributed by atoms with Crippen LogP contribution in [-0.2, 0) is 16.4 Å². The third-order valence-corrected chi connectivity index (χ3v) is 10.6. The van der Waals surface area contributed by atoms with Crippen LogP contribution in [0.4, 0.5) is 10.8 Å². The molecule has 0 spiro atoms. The molecule has 1 amide bonds. The van der Waals surface area contributed by atoms with Gasteiger partial charge in [0.1, 0.15) is 0 Å². The number of benzene rings is 3. The van der Waals surface area contributed by atoms with Crippen LogP contribution in [0.25, 0.3) is 10.2 Å². The first kappa shape index (κ1) is 28.3. The molecule has 0 radical (unpaired) electrons. The highest BCUT2D eigenvalue weighted by Gasteiger charge is 2.29. The number of aryl methyl sites for hydroxylation is 3. The summed E-state index contributed by atoms with van der Waals surface area (Å²) >= 11 is 1.52. The average molecular weight is 577 g/mol. The van der Waals surface area contributed by atoms with Gasteiger partial charge in [-0.1, -0.05) is 49.4 Å². The van der Waals surface area contributed by atoms with E-state index in [0.29, 0.717) is 30.3 Å². The quantitative estimate of drug-likeness (QED) is 0.243. The van der Waals surface area contributed by atoms with Gasteiger partial charge in [-0.15, -0.1) is 0 Å². The second-order valence-electron chi connectivity index (χ2n) is 10.2. The van der Waals surface area contributed by atoms with Gasteiger partial charge in [0, 0.05) is 25.2 Å². The van der Waals surface area contributed by atoms with Crippen LogP contribution in [0.1, 0.15) is 47.3 Å². The molecule has 0 N–H and O–H groups in total. The Hall–Kier alpha value is -3.27. The second kappa shape index (κ2) is 11.7. The molecule has 1 aliphatic heterocycles. The number of rotatable bonds is 9. The van der Waals surface area contributed by atoms with E-state index in [0.717, 1.165) is 58.5 Å². The van der Waals surface area contributed by atoms with Gasteiger partial charge in [-0.25, -0.2) is 13.4 Å². The highest BCUT2D eigenvalue weighted by atomic mass is 32.2. The summed E-state index contributed by atoms with van der Waals surface area (Å²) in [6.45, 7) is 11.8. The molecule has 0 saturated heterocycles. The second-order valence-corrected chi connectivity index (χ2v) is 13.1. The number of thiazole rings is 1. The molecule has 1 aromatic heterocycles. The van der Waals surface area contributed by atoms with E-state index < -0.39 is 10.0 Å². The molecule has 0 atom stereocenters. The predicted octanol–water partition coefficient (Wildman–Crippen LogP) is 6.04. The molecule has 210 valence electrons. The molecule has 40 heavy (non-hydrogen) atoms. The standard InChI is InChI=1S/C31H36N4O3S2/c1-5-33(6-2)18-19-34(31-32-27-21-22(3)20-23(4)29(27)39-31)30(36)25-13-15-26(16-14-25)40(37,38)35-17-9-11-24-10-7-8-12-28(24)35/h7-8,10,12-16,20-21H,5-6,9,11,17-19H2,1-4H3. The fourth-order valence-corrected chi connectivity index (χ4v) is 7.93. The van der Waals surface area contributed by atoms with Crippen molar-refractivity contribution in [2.45, 2.75) is 45.4 Å². The van der Waals surface area contributed by atoms with Gasteiger partial charge in [0.05, 0.1) is 20.8 Å². The Morgan fingerprint density at radius 2 is 1.73 bits per heavy atom. The van der Waals surface area contributed by atoms with Crippen molar-refractivity contribution < 1.29 is 13.2 Å². The Labute approximate surface area is 241 Å². The highest BCUT2D eigenvalue weighted by molar-refractivity contribution is 7.92. The van der Waals surface area contributed by atoms with E-state index in [1.165, 1.54) is 15.6 Å². The van der Waals surface area contributed by atoms with Gasteiger partial charge in [-0.05, 0) is 92.9 Å². The number of amides is 1. The van der Waals surface area contributed by atoms with Crippen LogP contribution < -0.4 is 9.21 Å². The lowest BCUT2D eigenvalue weighted by atomic mass is 10.0. The molecule has 0 unspecified atom stereocenters. The summed E-state index contributed by atoms with van der Waals surface area (Å²) in [5.41, 5.74) is 5.37. The van der Waals surface area contributed by atoms with Crippen LogP contribution in [-0.4, -0.2) is 56.9 Å². The maximum Gasteiger partial charge on any atom is 0.264 e. The third kappa shape index (κ3) is 5.50. The number of sulfonamides is 1. The average Bonchev–Trinajstić information content (AvgIpc) is 3.39. The zero-order valence-corrected chi connectivity index (χ0v) is 25.2. The van der Waals surface area contributed by atoms with Crippen molar-refractivity contribution in [1.82, 2.24) is 9.88 Å². The van der Waals surface area contributed by atoms with Gasteiger partial charge in [-0.2, -0.15) is 0 Å². The SMILES string of the molecule is CCN(CC)CCN(C(=O)c1ccc(S(=O)(=O)N2CCCc3ccccc32)cc1)c1nc2cc(C)cc(C)c2s1. The van der Waals surface area contributed by atoms with E-state index in [1.807, 2.05) is 37.3 Å². The largest absolute Gasteiger partial charge is 0.302 e. The molecule has 0 fully saturated rings. The molecule has 0 bridgehead atoms. The minimum Gasteiger partial charge on any atom is -0.302 e. The summed E-state index contributed by atoms with van der Waals surface area (Å²) in [4.78, 5) is 22.9. The van der Waals surface area contributed by atoms with E-state index >= 15 is 0 Å². The zero-order chi connectivity index (χ0) is 28.4. The third-order valence-electron chi connectivity index (χ3n) is 7.58. The van der Waals surface area contributed by atoms with Crippen LogP contribution >= 0.6 is 11.3 Å². The highest BCUT2D eigenvalue weighted by Crippen LogP contribution is 2.34. The number of carbonyl (C=O) groups excluding carboxylic acids is 1. The van der Waals surface area contributed by atoms with Crippen LogP contribution in [0.5, 0.6) is 0 Å². The van der Waals surface area contributed by atoms with Crippen LogP contribution in [0.2, 0.25) is 0 Å². The fourth-order valence-electron chi connectivity index (χ4n) is 5.35. The fraction of sp³-hybridized carbons (Fsp3) is 0.355. The maximum atomic E-state index is 13.9. The number of para-hydroxylation sites is 1. The number of anilines is 2. The van der Waals surface area contributed by atoms with Gasteiger partial charge in [0.15, 0.2) is 5.13 Å². The van der Waals surface area contributed by atoms with Crippen molar-refractivity contribution in [2.24, 2.45) is 0 Å². The molecular weight excluding hydrogens is 541 g/mol. The first-order chi connectivity index (χ1) is 19.2. The van der Waals surface area contributed by atoms with E-state index in [4.69, 9.17) is 4.98 Å². The summed E-state index contributed by atoms with van der Waals surface area (Å²) in [7, 11) is -3.75. The zero-order valence-electron chi connectivity index (χ0n) is 23.6. The summed E-state index contributed by atoms with van der Waals surface area (Å²) in [5, 5.41) is 0.655. The Kier molecular flexibility index (Phi) is 8.26. The Morgan fingerprint density at radius 1 is 1.00 bits per heavy atom. The Morgan fingerprint density at radius 3 is 2.45 bits per heavy atom. The maximum absolute atomic E-state index is 13.9. The number of likely N-dealkylation sites (N-methyl/N-ethyl adjacent to an activating group) is 1. The summed E-state index contributed by atoms with van der Waals surface area (Å²) in [6.07, 6.45) is 1.64. The number of hydrogen-bond donors (Lipinski definition) is 0. The first-order valence-corrected chi connectivity index (χ1v) is 16.1. The Bertz CT molecular complexity index is 1630. The van der Waals surface area contributed by atoms with Gasteiger partial charge in [-0.3, -0.25) is 14.0 Å². The molecule has 7 nitrogen and oxygen atoms in total. The molecule has 1 aliphatic rings. The van der Waals surface area contributed by atoms with Crippen molar-refractivity contribution >= 4 is 48.3 Å². The van der Waals surface area contributed by atoms with Gasteiger partial charge in [0.2, 0.25) is 0 Å². The minimum atomic E-state index is -3.75. The van der Waals surface area contributed by atoms with E-state index in [1.54, 1.807) is 29.2 Å². The molecular formula is C31H36N4O3S2. The summed E-state index contributed by atoms with van der Waals surface area (Å²) in [5.74, 6) is -0.187. The van der Waals surface area contributed by atoms with Crippen molar-refractivity contribution in [3.05, 3.63) is 82.9 Å². The van der Waals surface area contributed by atoms with Crippen LogP contribution in [0.15, 0.2) is 65.6 Å². The first-order valence-electron chi connectivity index (χ1n) is 13.9. The molecule has 9 heteroatoms. The molecule has 2 heterocycles. The number of aromatic nitrogens is 1. The predicted molar refractivity (Wildman–Crippen MR) is 164 cm³/mol. The van der Waals surface area contributed by atoms with Crippen molar-refractivity contribution in [3.8, 4) is 0 Å². The topological polar surface area (TPSA) is 73.8 Å². The van der Waals surface area contributed by atoms with Crippen molar-refractivity contribution in [2.75, 3.05) is 41.9 Å². The number of carbonyl (C=O) groups is 1. The number of nitrogens with zero attached hydrogens (tertiary/aromatic N) is 4. The molecule has 4 aromatic rings. The van der Waals surface area contributed by atoms with Gasteiger partial charge < -0.3 is 4.90 Å².